The molecule has 4 nitrogen and oxygen atoms in total. The summed E-state index contributed by atoms with van der Waals surface area (Å²) in [6.07, 6.45) is 0. The highest BCUT2D eigenvalue weighted by Gasteiger charge is 2.29. The van der Waals surface area contributed by atoms with Crippen molar-refractivity contribution in [3.63, 3.8) is 0 Å². The van der Waals surface area contributed by atoms with Gasteiger partial charge in [-0.25, -0.2) is 4.79 Å². The van der Waals surface area contributed by atoms with Gasteiger partial charge in [-0.2, -0.15) is 0 Å². The number of esters is 1. The van der Waals surface area contributed by atoms with Crippen LogP contribution in [0.5, 0.6) is 5.75 Å². The van der Waals surface area contributed by atoms with Crippen molar-refractivity contribution in [2.24, 2.45) is 0 Å². The van der Waals surface area contributed by atoms with Crippen molar-refractivity contribution < 1.29 is 19.0 Å². The predicted octanol–water partition coefficient (Wildman–Crippen LogP) is 5.34. The first-order valence-electron chi connectivity index (χ1n) is 9.54. The van der Waals surface area contributed by atoms with Crippen LogP contribution in [0.3, 0.4) is 0 Å². The lowest BCUT2D eigenvalue weighted by Crippen LogP contribution is -2.13. The molecule has 0 spiro atoms. The lowest BCUT2D eigenvalue weighted by Gasteiger charge is -2.22. The average molecular weight is 376 g/mol. The molecule has 0 fully saturated rings. The first-order valence-corrected chi connectivity index (χ1v) is 9.54. The second-order valence-corrected chi connectivity index (χ2v) is 7.03. The minimum absolute atomic E-state index is 0.303. The van der Waals surface area contributed by atoms with E-state index in [9.17, 15) is 4.79 Å². The summed E-state index contributed by atoms with van der Waals surface area (Å²) in [5.41, 5.74) is 6.67. The number of methoxy groups -OCH3 is 1. The van der Waals surface area contributed by atoms with Gasteiger partial charge in [-0.05, 0) is 59.9 Å². The van der Waals surface area contributed by atoms with Gasteiger partial charge in [0.2, 0.25) is 0 Å². The Morgan fingerprint density at radius 2 is 1.71 bits per heavy atom. The summed E-state index contributed by atoms with van der Waals surface area (Å²) >= 11 is 0. The Balaban J connectivity index is 2.16. The highest BCUT2D eigenvalue weighted by molar-refractivity contribution is 6.08. The second kappa shape index (κ2) is 7.28. The summed E-state index contributed by atoms with van der Waals surface area (Å²) in [4.78, 5) is 13.0. The third kappa shape index (κ3) is 2.76. The van der Waals surface area contributed by atoms with Gasteiger partial charge in [0, 0.05) is 11.1 Å². The van der Waals surface area contributed by atoms with Crippen LogP contribution in [0.1, 0.15) is 39.5 Å². The Labute approximate surface area is 165 Å². The van der Waals surface area contributed by atoms with E-state index in [2.05, 4.69) is 19.1 Å². The lowest BCUT2D eigenvalue weighted by molar-refractivity contribution is 0.0526. The van der Waals surface area contributed by atoms with E-state index < -0.39 is 0 Å². The number of ether oxygens (including phenoxy) is 3. The van der Waals surface area contributed by atoms with Crippen molar-refractivity contribution >= 4 is 16.7 Å². The molecule has 144 valence electrons. The van der Waals surface area contributed by atoms with Crippen LogP contribution in [0, 0.1) is 13.8 Å². The van der Waals surface area contributed by atoms with Crippen LogP contribution in [0.25, 0.3) is 21.9 Å². The molecule has 1 aliphatic rings. The molecule has 0 amide bonds. The number of carbonyl (C=O) groups is 1. The molecule has 0 aliphatic carbocycles. The van der Waals surface area contributed by atoms with Crippen molar-refractivity contribution in [3.05, 3.63) is 64.2 Å². The molecule has 0 atom stereocenters. The van der Waals surface area contributed by atoms with E-state index in [0.717, 1.165) is 49.9 Å². The molecule has 3 aromatic carbocycles. The Kier molecular flexibility index (Phi) is 4.82. The second-order valence-electron chi connectivity index (χ2n) is 7.03. The Hall–Kier alpha value is -2.85. The minimum atomic E-state index is -0.303. The molecule has 0 unspecified atom stereocenters. The molecule has 4 heteroatoms. The van der Waals surface area contributed by atoms with Crippen LogP contribution >= 0.6 is 0 Å². The molecule has 1 heterocycles. The zero-order chi connectivity index (χ0) is 19.8. The topological polar surface area (TPSA) is 44.8 Å². The summed E-state index contributed by atoms with van der Waals surface area (Å²) in [6.45, 7) is 7.30. The quantitative estimate of drug-likeness (QED) is 0.577. The fourth-order valence-electron chi connectivity index (χ4n) is 4.23. The summed E-state index contributed by atoms with van der Waals surface area (Å²) in [7, 11) is 1.66. The highest BCUT2D eigenvalue weighted by atomic mass is 16.5. The zero-order valence-corrected chi connectivity index (χ0v) is 16.7. The predicted molar refractivity (Wildman–Crippen MR) is 110 cm³/mol. The normalized spacial score (nSPS) is 12.9. The molecule has 0 saturated heterocycles. The standard InChI is InChI=1S/C24H24O4/c1-5-28-24(25)22-15(3)19-13-27-12-18(19)14(2)21(22)23-17-9-7-6-8-16(17)10-11-20(23)26-4/h6-11H,5,12-13H2,1-4H3. The van der Waals surface area contributed by atoms with Gasteiger partial charge in [0.1, 0.15) is 5.75 Å². The molecule has 0 radical (unpaired) electrons. The third-order valence-electron chi connectivity index (χ3n) is 5.60. The minimum Gasteiger partial charge on any atom is -0.496 e. The SMILES string of the molecule is CCOC(=O)c1c(C)c2c(c(C)c1-c1c(OC)ccc3ccccc13)COC2. The van der Waals surface area contributed by atoms with Crippen LogP contribution in [0.4, 0.5) is 0 Å². The van der Waals surface area contributed by atoms with Crippen LogP contribution in [-0.2, 0) is 22.7 Å². The number of rotatable bonds is 4. The maximum atomic E-state index is 13.0. The van der Waals surface area contributed by atoms with E-state index in [0.29, 0.717) is 25.4 Å². The number of benzene rings is 3. The van der Waals surface area contributed by atoms with Crippen molar-refractivity contribution in [2.45, 2.75) is 34.0 Å². The van der Waals surface area contributed by atoms with Gasteiger partial charge in [0.05, 0.1) is 32.5 Å². The van der Waals surface area contributed by atoms with Gasteiger partial charge in [-0.15, -0.1) is 0 Å². The molecular formula is C24H24O4. The monoisotopic (exact) mass is 376 g/mol. The lowest BCUT2D eigenvalue weighted by atomic mass is 9.83. The van der Waals surface area contributed by atoms with E-state index in [1.165, 1.54) is 0 Å². The molecule has 28 heavy (non-hydrogen) atoms. The fourth-order valence-corrected chi connectivity index (χ4v) is 4.23. The first-order chi connectivity index (χ1) is 13.6. The summed E-state index contributed by atoms with van der Waals surface area (Å²) < 4.78 is 16.9. The van der Waals surface area contributed by atoms with Gasteiger partial charge >= 0.3 is 5.97 Å². The van der Waals surface area contributed by atoms with Crippen molar-refractivity contribution in [1.29, 1.82) is 0 Å². The smallest absolute Gasteiger partial charge is 0.339 e. The van der Waals surface area contributed by atoms with Crippen molar-refractivity contribution in [3.8, 4) is 16.9 Å². The van der Waals surface area contributed by atoms with Crippen LogP contribution in [-0.4, -0.2) is 19.7 Å². The summed E-state index contributed by atoms with van der Waals surface area (Å²) in [6, 6.07) is 12.2. The van der Waals surface area contributed by atoms with Crippen molar-refractivity contribution in [2.75, 3.05) is 13.7 Å². The van der Waals surface area contributed by atoms with Gasteiger partial charge in [-0.1, -0.05) is 30.3 Å². The molecule has 3 aromatic rings. The molecule has 0 saturated carbocycles. The Bertz CT molecular complexity index is 1080. The molecule has 0 bridgehead atoms. The van der Waals surface area contributed by atoms with E-state index in [4.69, 9.17) is 14.2 Å². The Morgan fingerprint density at radius 1 is 1.00 bits per heavy atom. The number of carbonyl (C=O) groups excluding carboxylic acids is 1. The van der Waals surface area contributed by atoms with Crippen LogP contribution < -0.4 is 4.74 Å². The average Bonchev–Trinajstić information content (AvgIpc) is 3.20. The fraction of sp³-hybridized carbons (Fsp3) is 0.292. The van der Waals surface area contributed by atoms with Crippen molar-refractivity contribution in [1.82, 2.24) is 0 Å². The molecular weight excluding hydrogens is 352 g/mol. The summed E-state index contributed by atoms with van der Waals surface area (Å²) in [5, 5.41) is 2.15. The largest absolute Gasteiger partial charge is 0.496 e. The van der Waals surface area contributed by atoms with Crippen LogP contribution in [0.2, 0.25) is 0 Å². The number of fused-ring (bicyclic) bond motifs is 2. The molecule has 4 rings (SSSR count). The van der Waals surface area contributed by atoms with E-state index in [-0.39, 0.29) is 5.97 Å². The number of hydrogen-bond acceptors (Lipinski definition) is 4. The Morgan fingerprint density at radius 3 is 2.43 bits per heavy atom. The first kappa shape index (κ1) is 18.5. The maximum absolute atomic E-state index is 13.0. The zero-order valence-electron chi connectivity index (χ0n) is 16.7. The molecule has 1 aliphatic heterocycles. The van der Waals surface area contributed by atoms with E-state index in [1.807, 2.05) is 38.1 Å². The van der Waals surface area contributed by atoms with Gasteiger partial charge < -0.3 is 14.2 Å². The van der Waals surface area contributed by atoms with E-state index in [1.54, 1.807) is 7.11 Å². The molecule has 0 N–H and O–H groups in total. The van der Waals surface area contributed by atoms with Gasteiger partial charge in [-0.3, -0.25) is 0 Å². The summed E-state index contributed by atoms with van der Waals surface area (Å²) in [5.74, 6) is 0.438. The van der Waals surface area contributed by atoms with Gasteiger partial charge in [0.25, 0.3) is 0 Å². The van der Waals surface area contributed by atoms with Crippen LogP contribution in [0.15, 0.2) is 36.4 Å². The van der Waals surface area contributed by atoms with Gasteiger partial charge in [0.15, 0.2) is 0 Å². The number of hydrogen-bond donors (Lipinski definition) is 0. The maximum Gasteiger partial charge on any atom is 0.339 e. The van der Waals surface area contributed by atoms with E-state index >= 15 is 0 Å². The highest BCUT2D eigenvalue weighted by Crippen LogP contribution is 2.45. The third-order valence-corrected chi connectivity index (χ3v) is 5.60. The molecule has 0 aromatic heterocycles.